The van der Waals surface area contributed by atoms with Gasteiger partial charge in [0.15, 0.2) is 0 Å². The summed E-state index contributed by atoms with van der Waals surface area (Å²) in [5.41, 5.74) is -0.0505. The molecule has 29 heavy (non-hydrogen) atoms. The molecule has 10 heteroatoms. The zero-order chi connectivity index (χ0) is 20.8. The molecule has 7 nitrogen and oxygen atoms in total. The lowest BCUT2D eigenvalue weighted by atomic mass is 10.0. The monoisotopic (exact) mass is 406 g/mol. The van der Waals surface area contributed by atoms with E-state index in [1.54, 1.807) is 12.3 Å². The van der Waals surface area contributed by atoms with Gasteiger partial charge >= 0.3 is 6.18 Å². The summed E-state index contributed by atoms with van der Waals surface area (Å²) in [4.78, 5) is 11.0. The number of hydrogen-bond donors (Lipinski definition) is 2. The second kappa shape index (κ2) is 7.18. The molecule has 0 spiro atoms. The Hall–Kier alpha value is -2.88. The van der Waals surface area contributed by atoms with Gasteiger partial charge in [-0.25, -0.2) is 9.50 Å². The first kappa shape index (κ1) is 19.4. The van der Waals surface area contributed by atoms with Crippen molar-refractivity contribution in [2.75, 3.05) is 25.5 Å². The Morgan fingerprint density at radius 3 is 2.72 bits per heavy atom. The number of halogens is 3. The number of likely N-dealkylation sites (N-methyl/N-ethyl adjacent to an activating group) is 1. The second-order valence-corrected chi connectivity index (χ2v) is 7.42. The number of aromatic nitrogens is 4. The van der Waals surface area contributed by atoms with Gasteiger partial charge in [0.05, 0.1) is 11.3 Å². The molecule has 1 unspecified atom stereocenters. The van der Waals surface area contributed by atoms with Crippen LogP contribution < -0.4 is 5.32 Å². The minimum atomic E-state index is -4.53. The first-order chi connectivity index (χ1) is 13.7. The standard InChI is InChI=1S/C19H21F3N6O/c1-11-8-12(19(20,21)22)9-15(29)16(11)14-5-7-28-18(24-14)25-17(26-28)23-13-4-3-6-27(2)10-13/h5,7-9,13,29H,3-4,6,10H2,1-2H3,(H,23,26). The number of rotatable bonds is 3. The van der Waals surface area contributed by atoms with E-state index < -0.39 is 17.5 Å². The number of hydrogen-bond acceptors (Lipinski definition) is 6. The van der Waals surface area contributed by atoms with E-state index in [1.165, 1.54) is 11.4 Å². The van der Waals surface area contributed by atoms with Crippen LogP contribution >= 0.6 is 0 Å². The predicted octanol–water partition coefficient (Wildman–Crippen LogP) is 3.33. The summed E-state index contributed by atoms with van der Waals surface area (Å²) in [6.45, 7) is 3.47. The number of aromatic hydroxyl groups is 1. The van der Waals surface area contributed by atoms with Crippen molar-refractivity contribution in [1.82, 2.24) is 24.5 Å². The van der Waals surface area contributed by atoms with Gasteiger partial charge in [-0.05, 0) is 57.1 Å². The molecule has 1 fully saturated rings. The molecule has 0 amide bonds. The van der Waals surface area contributed by atoms with Crippen LogP contribution in [0.3, 0.4) is 0 Å². The van der Waals surface area contributed by atoms with Crippen molar-refractivity contribution in [2.24, 2.45) is 0 Å². The molecule has 3 heterocycles. The lowest BCUT2D eigenvalue weighted by Crippen LogP contribution is -2.39. The average Bonchev–Trinajstić information content (AvgIpc) is 3.02. The van der Waals surface area contributed by atoms with E-state index in [1.807, 2.05) is 0 Å². The van der Waals surface area contributed by atoms with Gasteiger partial charge in [0.25, 0.3) is 5.78 Å². The van der Waals surface area contributed by atoms with E-state index in [2.05, 4.69) is 32.3 Å². The van der Waals surface area contributed by atoms with Gasteiger partial charge in [-0.2, -0.15) is 18.2 Å². The number of likely N-dealkylation sites (tertiary alicyclic amines) is 1. The fourth-order valence-corrected chi connectivity index (χ4v) is 3.71. The van der Waals surface area contributed by atoms with Crippen LogP contribution in [-0.4, -0.2) is 55.8 Å². The van der Waals surface area contributed by atoms with E-state index in [9.17, 15) is 18.3 Å². The third kappa shape index (κ3) is 3.98. The Balaban J connectivity index is 1.64. The van der Waals surface area contributed by atoms with E-state index in [0.717, 1.165) is 32.0 Å². The molecule has 0 saturated carbocycles. The maximum absolute atomic E-state index is 13.0. The third-order valence-electron chi connectivity index (χ3n) is 5.06. The van der Waals surface area contributed by atoms with E-state index in [0.29, 0.717) is 23.5 Å². The molecule has 1 aliphatic heterocycles. The van der Waals surface area contributed by atoms with E-state index in [-0.39, 0.29) is 17.2 Å². The SMILES string of the molecule is Cc1cc(C(F)(F)F)cc(O)c1-c1ccn2nc(NC3CCCN(C)C3)nc2n1. The zero-order valence-corrected chi connectivity index (χ0v) is 16.0. The Morgan fingerprint density at radius 2 is 2.03 bits per heavy atom. The van der Waals surface area contributed by atoms with Crippen LogP contribution in [0, 0.1) is 6.92 Å². The number of benzene rings is 1. The van der Waals surface area contributed by atoms with E-state index >= 15 is 0 Å². The molecule has 3 aromatic rings. The maximum Gasteiger partial charge on any atom is 0.416 e. The van der Waals surface area contributed by atoms with Gasteiger partial charge in [0.1, 0.15) is 5.75 Å². The van der Waals surface area contributed by atoms with Crippen molar-refractivity contribution in [2.45, 2.75) is 32.0 Å². The van der Waals surface area contributed by atoms with Crippen molar-refractivity contribution in [3.63, 3.8) is 0 Å². The van der Waals surface area contributed by atoms with Crippen LogP contribution in [0.15, 0.2) is 24.4 Å². The van der Waals surface area contributed by atoms with Crippen LogP contribution in [0.25, 0.3) is 17.0 Å². The highest BCUT2D eigenvalue weighted by Crippen LogP contribution is 2.38. The molecular weight excluding hydrogens is 385 g/mol. The van der Waals surface area contributed by atoms with Crippen molar-refractivity contribution in [3.05, 3.63) is 35.5 Å². The van der Waals surface area contributed by atoms with Gasteiger partial charge in [0.2, 0.25) is 5.95 Å². The number of fused-ring (bicyclic) bond motifs is 1. The summed E-state index contributed by atoms with van der Waals surface area (Å²) in [6.07, 6.45) is -0.786. The topological polar surface area (TPSA) is 78.6 Å². The number of nitrogens with zero attached hydrogens (tertiary/aromatic N) is 5. The lowest BCUT2D eigenvalue weighted by molar-refractivity contribution is -0.137. The van der Waals surface area contributed by atoms with Gasteiger partial charge in [-0.3, -0.25) is 0 Å². The fraction of sp³-hybridized carbons (Fsp3) is 0.421. The minimum absolute atomic E-state index is 0.242. The van der Waals surface area contributed by atoms with Gasteiger partial charge in [-0.1, -0.05) is 0 Å². The summed E-state index contributed by atoms with van der Waals surface area (Å²) in [7, 11) is 2.07. The van der Waals surface area contributed by atoms with Crippen LogP contribution in [0.5, 0.6) is 5.75 Å². The van der Waals surface area contributed by atoms with Crippen molar-refractivity contribution in [3.8, 4) is 17.0 Å². The molecule has 1 aliphatic rings. The number of nitrogens with one attached hydrogen (secondary N) is 1. The van der Waals surface area contributed by atoms with Crippen molar-refractivity contribution in [1.29, 1.82) is 0 Å². The highest BCUT2D eigenvalue weighted by molar-refractivity contribution is 5.72. The molecule has 0 radical (unpaired) electrons. The van der Waals surface area contributed by atoms with Crippen molar-refractivity contribution < 1.29 is 18.3 Å². The fourth-order valence-electron chi connectivity index (χ4n) is 3.71. The van der Waals surface area contributed by atoms with Gasteiger partial charge in [-0.15, -0.1) is 5.10 Å². The van der Waals surface area contributed by atoms with Gasteiger partial charge < -0.3 is 15.3 Å². The second-order valence-electron chi connectivity index (χ2n) is 7.42. The Labute approximate surface area is 165 Å². The predicted molar refractivity (Wildman–Crippen MR) is 102 cm³/mol. The number of aryl methyl sites for hydroxylation is 1. The number of piperidine rings is 1. The molecule has 2 aromatic heterocycles. The normalized spacial score (nSPS) is 18.3. The van der Waals surface area contributed by atoms with Crippen LogP contribution in [0.1, 0.15) is 24.0 Å². The summed E-state index contributed by atoms with van der Waals surface area (Å²) < 4.78 is 40.3. The smallest absolute Gasteiger partial charge is 0.416 e. The molecule has 0 bridgehead atoms. The summed E-state index contributed by atoms with van der Waals surface area (Å²) in [5.74, 6) is 0.272. The molecule has 1 atom stereocenters. The van der Waals surface area contributed by atoms with Crippen LogP contribution in [-0.2, 0) is 6.18 Å². The Bertz CT molecular complexity index is 1030. The maximum atomic E-state index is 13.0. The first-order valence-corrected chi connectivity index (χ1v) is 9.30. The molecule has 1 aromatic carbocycles. The first-order valence-electron chi connectivity index (χ1n) is 9.30. The van der Waals surface area contributed by atoms with Gasteiger partial charge in [0, 0.05) is 24.3 Å². The third-order valence-corrected chi connectivity index (χ3v) is 5.06. The zero-order valence-electron chi connectivity index (χ0n) is 16.0. The average molecular weight is 406 g/mol. The Morgan fingerprint density at radius 1 is 1.24 bits per heavy atom. The van der Waals surface area contributed by atoms with Crippen molar-refractivity contribution >= 4 is 11.7 Å². The largest absolute Gasteiger partial charge is 0.507 e. The van der Waals surface area contributed by atoms with Crippen LogP contribution in [0.2, 0.25) is 0 Å². The van der Waals surface area contributed by atoms with E-state index in [4.69, 9.17) is 0 Å². The summed E-state index contributed by atoms with van der Waals surface area (Å²) in [6, 6.07) is 3.55. The highest BCUT2D eigenvalue weighted by atomic mass is 19.4. The summed E-state index contributed by atoms with van der Waals surface area (Å²) in [5, 5.41) is 17.9. The molecule has 0 aliphatic carbocycles. The molecule has 154 valence electrons. The highest BCUT2D eigenvalue weighted by Gasteiger charge is 2.32. The molecule has 1 saturated heterocycles. The quantitative estimate of drug-likeness (QED) is 0.695. The number of anilines is 1. The number of alkyl halides is 3. The molecule has 2 N–H and O–H groups in total. The Kier molecular flexibility index (Phi) is 4.81. The lowest BCUT2D eigenvalue weighted by Gasteiger charge is -2.29. The number of phenols is 1. The minimum Gasteiger partial charge on any atom is -0.507 e. The summed E-state index contributed by atoms with van der Waals surface area (Å²) >= 11 is 0. The van der Waals surface area contributed by atoms with Crippen LogP contribution in [0.4, 0.5) is 19.1 Å². The molecule has 4 rings (SSSR count). The molecular formula is C19H21F3N6O. The number of phenolic OH excluding ortho intramolecular Hbond substituents is 1.